The fourth-order valence-corrected chi connectivity index (χ4v) is 8.75. The number of fused-ring (bicyclic) bond motifs is 2. The number of methoxy groups -OCH3 is 1. The Morgan fingerprint density at radius 3 is 1.84 bits per heavy atom. The fraction of sp³-hybridized carbons (Fsp3) is 0.615. The third kappa shape index (κ3) is 15.7. The number of amides is 1. The highest BCUT2D eigenvalue weighted by Crippen LogP contribution is 2.47. The van der Waals surface area contributed by atoms with Gasteiger partial charge in [0.1, 0.15) is 6.61 Å². The molecular weight excluding hydrogens is 811 g/mol. The highest BCUT2D eigenvalue weighted by Gasteiger charge is 2.44. The van der Waals surface area contributed by atoms with E-state index in [-0.39, 0.29) is 16.7 Å². The molecule has 0 aromatic heterocycles. The number of rotatable bonds is 31. The Balaban J connectivity index is 1.02. The number of ether oxygens (including phenoxy) is 8. The lowest BCUT2D eigenvalue weighted by Gasteiger charge is -2.27. The summed E-state index contributed by atoms with van der Waals surface area (Å²) in [6.07, 6.45) is 15.9. The van der Waals surface area contributed by atoms with Crippen LogP contribution >= 0.6 is 0 Å². The molecule has 2 aliphatic heterocycles. The van der Waals surface area contributed by atoms with E-state index in [4.69, 9.17) is 37.9 Å². The number of para-hydroxylation sites is 2. The van der Waals surface area contributed by atoms with Crippen molar-refractivity contribution in [2.24, 2.45) is 5.92 Å². The number of benzene rings is 2. The lowest BCUT2D eigenvalue weighted by molar-refractivity contribution is -0.442. The molecule has 0 saturated heterocycles. The number of anilines is 1. The van der Waals surface area contributed by atoms with Crippen LogP contribution in [0.25, 0.3) is 0 Å². The van der Waals surface area contributed by atoms with E-state index in [9.17, 15) is 4.79 Å². The van der Waals surface area contributed by atoms with Crippen molar-refractivity contribution in [3.8, 4) is 0 Å². The van der Waals surface area contributed by atoms with Crippen LogP contribution in [0.4, 0.5) is 11.4 Å². The van der Waals surface area contributed by atoms with Gasteiger partial charge in [0.05, 0.1) is 97.9 Å². The zero-order valence-corrected chi connectivity index (χ0v) is 39.8. The molecule has 0 bridgehead atoms. The standard InChI is InChI=1S/C52H77N3O9/c1-42-20-22-43(23-21-42)53-50(56)24-27-58-32-35-62-40-41-64-37-34-60-29-26-55-47-17-13-11-15-45(47)52(4,5)49(55)19-9-7-8-18-48-51(2,3)44-14-10-12-16-46(44)54(48)25-28-59-33-36-63-39-38-61-31-30-57-6/h7-19,42-43H,20-41H2,1-6H3/p+1. The molecule has 2 aromatic rings. The summed E-state index contributed by atoms with van der Waals surface area (Å²) in [7, 11) is 1.67. The molecule has 64 heavy (non-hydrogen) atoms. The summed E-state index contributed by atoms with van der Waals surface area (Å²) in [6.45, 7) is 20.8. The average molecular weight is 889 g/mol. The van der Waals surface area contributed by atoms with Gasteiger partial charge < -0.3 is 48.1 Å². The van der Waals surface area contributed by atoms with Gasteiger partial charge in [-0.05, 0) is 63.2 Å². The quantitative estimate of drug-likeness (QED) is 0.0460. The number of hydrogen-bond acceptors (Lipinski definition) is 10. The summed E-state index contributed by atoms with van der Waals surface area (Å²) < 4.78 is 47.6. The van der Waals surface area contributed by atoms with E-state index >= 15 is 0 Å². The Morgan fingerprint density at radius 2 is 1.20 bits per heavy atom. The molecule has 12 nitrogen and oxygen atoms in total. The molecule has 3 aliphatic rings. The minimum absolute atomic E-state index is 0.0788. The third-order valence-corrected chi connectivity index (χ3v) is 12.4. The predicted octanol–water partition coefficient (Wildman–Crippen LogP) is 7.70. The third-order valence-electron chi connectivity index (χ3n) is 12.4. The van der Waals surface area contributed by atoms with Crippen LogP contribution in [-0.2, 0) is 53.5 Å². The molecule has 0 radical (unpaired) electrons. The molecule has 354 valence electrons. The van der Waals surface area contributed by atoms with Crippen LogP contribution in [0.1, 0.15) is 77.8 Å². The lowest BCUT2D eigenvalue weighted by atomic mass is 9.81. The predicted molar refractivity (Wildman–Crippen MR) is 254 cm³/mol. The molecule has 12 heteroatoms. The average Bonchev–Trinajstić information content (AvgIpc) is 3.64. The molecule has 0 atom stereocenters. The lowest BCUT2D eigenvalue weighted by Crippen LogP contribution is -2.37. The molecular formula is C52H78N3O9+. The zero-order valence-electron chi connectivity index (χ0n) is 39.8. The number of carbonyl (C=O) groups is 1. The maximum Gasteiger partial charge on any atom is 0.222 e. The molecule has 2 aromatic carbocycles. The van der Waals surface area contributed by atoms with Crippen LogP contribution in [0.15, 0.2) is 84.6 Å². The second kappa shape index (κ2) is 27.7. The van der Waals surface area contributed by atoms with E-state index < -0.39 is 0 Å². The summed E-state index contributed by atoms with van der Waals surface area (Å²) >= 11 is 0. The van der Waals surface area contributed by atoms with Gasteiger partial charge in [0.25, 0.3) is 0 Å². The molecule has 1 aliphatic carbocycles. The Hall–Kier alpha value is -3.72. The first-order chi connectivity index (χ1) is 31.1. The minimum atomic E-state index is -0.162. The second-order valence-corrected chi connectivity index (χ2v) is 17.8. The number of nitrogens with zero attached hydrogens (tertiary/aromatic N) is 2. The Kier molecular flexibility index (Phi) is 22.2. The SMILES string of the molecule is COCCOCCOCCOCC[N+]1=C(\C=C/C=C\C=C2\N(CCOCCOCCOCCOCCC(=O)NC3CCC(C)CC3)c3ccccc3C2(C)C)C(C)(C)c2ccccc21. The maximum atomic E-state index is 12.2. The highest BCUT2D eigenvalue weighted by atomic mass is 16.6. The largest absolute Gasteiger partial charge is 0.382 e. The van der Waals surface area contributed by atoms with Crippen molar-refractivity contribution in [1.82, 2.24) is 5.32 Å². The minimum Gasteiger partial charge on any atom is -0.382 e. The van der Waals surface area contributed by atoms with Crippen LogP contribution in [0.2, 0.25) is 0 Å². The first-order valence-electron chi connectivity index (χ1n) is 23.6. The number of carbonyl (C=O) groups excluding carboxylic acids is 1. The van der Waals surface area contributed by atoms with Crippen LogP contribution in [0.5, 0.6) is 0 Å². The fourth-order valence-electron chi connectivity index (χ4n) is 8.75. The summed E-state index contributed by atoms with van der Waals surface area (Å²) in [5.74, 6) is 0.852. The van der Waals surface area contributed by atoms with Gasteiger partial charge in [-0.3, -0.25) is 4.79 Å². The smallest absolute Gasteiger partial charge is 0.222 e. The van der Waals surface area contributed by atoms with Crippen molar-refractivity contribution in [3.05, 3.63) is 95.7 Å². The van der Waals surface area contributed by atoms with Crippen molar-refractivity contribution >= 4 is 23.0 Å². The normalized spacial score (nSPS) is 19.7. The zero-order chi connectivity index (χ0) is 45.5. The Bertz CT molecular complexity index is 1810. The van der Waals surface area contributed by atoms with Gasteiger partial charge in [0.15, 0.2) is 12.3 Å². The summed E-state index contributed by atoms with van der Waals surface area (Å²) in [6, 6.07) is 17.7. The summed E-state index contributed by atoms with van der Waals surface area (Å²) in [5, 5.41) is 3.15. The van der Waals surface area contributed by atoms with Crippen molar-refractivity contribution < 1.29 is 47.3 Å². The van der Waals surface area contributed by atoms with Crippen molar-refractivity contribution in [2.45, 2.75) is 83.6 Å². The summed E-state index contributed by atoms with van der Waals surface area (Å²) in [4.78, 5) is 14.6. The van der Waals surface area contributed by atoms with Gasteiger partial charge in [0.2, 0.25) is 11.6 Å². The van der Waals surface area contributed by atoms with E-state index in [1.807, 2.05) is 0 Å². The monoisotopic (exact) mass is 889 g/mol. The molecule has 1 N–H and O–H groups in total. The molecule has 0 spiro atoms. The van der Waals surface area contributed by atoms with Gasteiger partial charge in [-0.15, -0.1) is 0 Å². The van der Waals surface area contributed by atoms with Crippen LogP contribution < -0.4 is 10.2 Å². The second-order valence-electron chi connectivity index (χ2n) is 17.8. The first kappa shape index (κ1) is 51.3. The van der Waals surface area contributed by atoms with Gasteiger partial charge in [-0.1, -0.05) is 75.4 Å². The maximum absolute atomic E-state index is 12.2. The van der Waals surface area contributed by atoms with Crippen LogP contribution in [0, 0.1) is 5.92 Å². The molecule has 1 amide bonds. The van der Waals surface area contributed by atoms with Gasteiger partial charge in [-0.25, -0.2) is 0 Å². The molecule has 0 unspecified atom stereocenters. The number of allylic oxidation sites excluding steroid dienone is 6. The van der Waals surface area contributed by atoms with Crippen molar-refractivity contribution in [1.29, 1.82) is 0 Å². The molecule has 2 heterocycles. The Labute approximate surface area is 383 Å². The van der Waals surface area contributed by atoms with E-state index in [1.54, 1.807) is 7.11 Å². The highest BCUT2D eigenvalue weighted by molar-refractivity contribution is 6.03. The van der Waals surface area contributed by atoms with Gasteiger partial charge in [0, 0.05) is 60.6 Å². The van der Waals surface area contributed by atoms with Crippen LogP contribution in [-0.4, -0.2) is 142 Å². The summed E-state index contributed by atoms with van der Waals surface area (Å²) in [5.41, 5.74) is 7.24. The van der Waals surface area contributed by atoms with E-state index in [0.29, 0.717) is 112 Å². The molecule has 1 fully saturated rings. The van der Waals surface area contributed by atoms with E-state index in [1.165, 1.54) is 46.8 Å². The van der Waals surface area contributed by atoms with Gasteiger partial charge >= 0.3 is 0 Å². The van der Waals surface area contributed by atoms with Crippen molar-refractivity contribution in [3.63, 3.8) is 0 Å². The van der Waals surface area contributed by atoms with E-state index in [0.717, 1.165) is 31.8 Å². The van der Waals surface area contributed by atoms with Crippen LogP contribution in [0.3, 0.4) is 0 Å². The van der Waals surface area contributed by atoms with Gasteiger partial charge in [-0.2, -0.15) is 4.58 Å². The number of hydrogen-bond donors (Lipinski definition) is 1. The Morgan fingerprint density at radius 1 is 0.656 bits per heavy atom. The van der Waals surface area contributed by atoms with Crippen molar-refractivity contribution in [2.75, 3.05) is 124 Å². The molecule has 1 saturated carbocycles. The number of nitrogens with one attached hydrogen (secondary N) is 1. The topological polar surface area (TPSA) is 109 Å². The van der Waals surface area contributed by atoms with E-state index in [2.05, 4.69) is 128 Å². The molecule has 5 rings (SSSR count). The first-order valence-corrected chi connectivity index (χ1v) is 23.6.